The third kappa shape index (κ3) is 4.33. The van der Waals surface area contributed by atoms with Gasteiger partial charge >= 0.3 is 5.97 Å². The SMILES string of the molecule is CCOc1ccc(CC(=O)CBr)cc1C(O)C(=O)O. The van der Waals surface area contributed by atoms with Crippen molar-refractivity contribution in [1.82, 2.24) is 0 Å². The number of carboxylic acids is 1. The average molecular weight is 331 g/mol. The summed E-state index contributed by atoms with van der Waals surface area (Å²) in [6.07, 6.45) is -1.49. The highest BCUT2D eigenvalue weighted by Gasteiger charge is 2.21. The Morgan fingerprint density at radius 2 is 2.11 bits per heavy atom. The van der Waals surface area contributed by atoms with E-state index in [9.17, 15) is 14.7 Å². The number of rotatable bonds is 7. The van der Waals surface area contributed by atoms with Crippen molar-refractivity contribution in [3.63, 3.8) is 0 Å². The number of hydrogen-bond acceptors (Lipinski definition) is 4. The molecule has 19 heavy (non-hydrogen) atoms. The van der Waals surface area contributed by atoms with E-state index in [0.717, 1.165) is 0 Å². The minimum atomic E-state index is -1.67. The van der Waals surface area contributed by atoms with Gasteiger partial charge in [0.05, 0.1) is 11.9 Å². The summed E-state index contributed by atoms with van der Waals surface area (Å²) in [4.78, 5) is 22.2. The molecule has 0 aliphatic heterocycles. The van der Waals surface area contributed by atoms with Crippen LogP contribution in [0.2, 0.25) is 0 Å². The molecule has 0 radical (unpaired) electrons. The number of hydrogen-bond donors (Lipinski definition) is 2. The maximum Gasteiger partial charge on any atom is 0.337 e. The standard InChI is InChI=1S/C13H15BrO5/c1-2-19-11-4-3-8(5-9(15)7-14)6-10(11)12(16)13(17)18/h3-4,6,12,16H,2,5,7H2,1H3,(H,17,18). The molecule has 0 heterocycles. The normalized spacial score (nSPS) is 11.9. The van der Waals surface area contributed by atoms with Gasteiger partial charge in [0.1, 0.15) is 11.5 Å². The number of alkyl halides is 1. The van der Waals surface area contributed by atoms with E-state index in [-0.39, 0.29) is 23.1 Å². The van der Waals surface area contributed by atoms with Crippen LogP contribution in [-0.2, 0) is 16.0 Å². The molecular weight excluding hydrogens is 316 g/mol. The van der Waals surface area contributed by atoms with Gasteiger partial charge < -0.3 is 14.9 Å². The largest absolute Gasteiger partial charge is 0.493 e. The van der Waals surface area contributed by atoms with Gasteiger partial charge in [0.25, 0.3) is 0 Å². The summed E-state index contributed by atoms with van der Waals surface area (Å²) in [5.41, 5.74) is 0.803. The Morgan fingerprint density at radius 1 is 1.42 bits per heavy atom. The number of benzene rings is 1. The van der Waals surface area contributed by atoms with Gasteiger partial charge in [-0.3, -0.25) is 4.79 Å². The second-order valence-electron chi connectivity index (χ2n) is 3.90. The molecule has 0 bridgehead atoms. The van der Waals surface area contributed by atoms with Crippen molar-refractivity contribution in [2.45, 2.75) is 19.4 Å². The number of aliphatic hydroxyl groups excluding tert-OH is 1. The molecule has 1 atom stereocenters. The van der Waals surface area contributed by atoms with Crippen LogP contribution in [0.5, 0.6) is 5.75 Å². The lowest BCUT2D eigenvalue weighted by atomic mass is 10.0. The zero-order chi connectivity index (χ0) is 14.4. The Balaban J connectivity index is 3.10. The Hall–Kier alpha value is -1.40. The van der Waals surface area contributed by atoms with Crippen LogP contribution in [0.15, 0.2) is 18.2 Å². The number of Topliss-reactive ketones (excluding diaryl/α,β-unsaturated/α-hetero) is 1. The quantitative estimate of drug-likeness (QED) is 0.743. The van der Waals surface area contributed by atoms with Crippen molar-refractivity contribution >= 4 is 27.7 Å². The summed E-state index contributed by atoms with van der Waals surface area (Å²) in [5, 5.41) is 18.7. The molecule has 0 spiro atoms. The molecule has 0 aliphatic carbocycles. The van der Waals surface area contributed by atoms with E-state index < -0.39 is 12.1 Å². The van der Waals surface area contributed by atoms with Crippen LogP contribution in [0, 0.1) is 0 Å². The van der Waals surface area contributed by atoms with Gasteiger partial charge in [-0.05, 0) is 24.6 Å². The van der Waals surface area contributed by atoms with E-state index >= 15 is 0 Å². The first-order valence-electron chi connectivity index (χ1n) is 5.73. The Morgan fingerprint density at radius 3 is 2.63 bits per heavy atom. The fourth-order valence-corrected chi connectivity index (χ4v) is 1.81. The van der Waals surface area contributed by atoms with Crippen molar-refractivity contribution in [2.24, 2.45) is 0 Å². The predicted octanol–water partition coefficient (Wildman–Crippen LogP) is 1.71. The van der Waals surface area contributed by atoms with E-state index in [2.05, 4.69) is 15.9 Å². The molecule has 1 rings (SSSR count). The van der Waals surface area contributed by atoms with Gasteiger partial charge in [0.15, 0.2) is 6.10 Å². The minimum absolute atomic E-state index is 0.0278. The molecular formula is C13H15BrO5. The van der Waals surface area contributed by atoms with Gasteiger partial charge in [0.2, 0.25) is 0 Å². The lowest BCUT2D eigenvalue weighted by Gasteiger charge is -2.14. The van der Waals surface area contributed by atoms with Crippen molar-refractivity contribution < 1.29 is 24.5 Å². The Labute approximate surface area is 119 Å². The summed E-state index contributed by atoms with van der Waals surface area (Å²) in [6.45, 7) is 2.12. The molecule has 2 N–H and O–H groups in total. The van der Waals surface area contributed by atoms with Gasteiger partial charge in [-0.25, -0.2) is 4.79 Å². The lowest BCUT2D eigenvalue weighted by molar-refractivity contribution is -0.147. The van der Waals surface area contributed by atoms with E-state index in [1.54, 1.807) is 19.1 Å². The number of aliphatic hydroxyl groups is 1. The molecule has 1 aromatic carbocycles. The molecule has 0 amide bonds. The second-order valence-corrected chi connectivity index (χ2v) is 4.46. The fourth-order valence-electron chi connectivity index (χ4n) is 1.62. The number of ketones is 1. The van der Waals surface area contributed by atoms with Crippen LogP contribution < -0.4 is 4.74 Å². The zero-order valence-electron chi connectivity index (χ0n) is 10.4. The van der Waals surface area contributed by atoms with Crippen molar-refractivity contribution in [1.29, 1.82) is 0 Å². The van der Waals surface area contributed by atoms with Crippen molar-refractivity contribution in [3.8, 4) is 5.75 Å². The van der Waals surface area contributed by atoms with E-state index in [1.165, 1.54) is 6.07 Å². The number of carboxylic acid groups (broad SMARTS) is 1. The minimum Gasteiger partial charge on any atom is -0.493 e. The number of halogens is 1. The second kappa shape index (κ2) is 7.25. The lowest BCUT2D eigenvalue weighted by Crippen LogP contribution is -2.13. The molecule has 6 heteroatoms. The molecule has 104 valence electrons. The number of ether oxygens (including phenoxy) is 1. The predicted molar refractivity (Wildman–Crippen MR) is 72.7 cm³/mol. The number of carbonyl (C=O) groups excluding carboxylic acids is 1. The van der Waals surface area contributed by atoms with Crippen LogP contribution in [-0.4, -0.2) is 33.9 Å². The highest BCUT2D eigenvalue weighted by atomic mass is 79.9. The summed E-state index contributed by atoms with van der Waals surface area (Å²) >= 11 is 3.06. The molecule has 0 saturated carbocycles. The first-order valence-corrected chi connectivity index (χ1v) is 6.85. The smallest absolute Gasteiger partial charge is 0.337 e. The summed E-state index contributed by atoms with van der Waals surface area (Å²) < 4.78 is 5.28. The van der Waals surface area contributed by atoms with Gasteiger partial charge in [-0.1, -0.05) is 22.0 Å². The van der Waals surface area contributed by atoms with Crippen LogP contribution in [0.25, 0.3) is 0 Å². The molecule has 5 nitrogen and oxygen atoms in total. The highest BCUT2D eigenvalue weighted by molar-refractivity contribution is 9.09. The molecule has 1 aromatic rings. The van der Waals surface area contributed by atoms with E-state index in [0.29, 0.717) is 17.9 Å². The topological polar surface area (TPSA) is 83.8 Å². The van der Waals surface area contributed by atoms with Crippen LogP contribution in [0.1, 0.15) is 24.2 Å². The van der Waals surface area contributed by atoms with Crippen molar-refractivity contribution in [3.05, 3.63) is 29.3 Å². The zero-order valence-corrected chi connectivity index (χ0v) is 12.0. The van der Waals surface area contributed by atoms with Crippen LogP contribution >= 0.6 is 15.9 Å². The first-order chi connectivity index (χ1) is 8.99. The Bertz CT molecular complexity index is 472. The fraction of sp³-hybridized carbons (Fsp3) is 0.385. The third-order valence-corrected chi connectivity index (χ3v) is 3.08. The number of carbonyl (C=O) groups is 2. The van der Waals surface area contributed by atoms with Crippen molar-refractivity contribution in [2.75, 3.05) is 11.9 Å². The average Bonchev–Trinajstić information content (AvgIpc) is 2.39. The highest BCUT2D eigenvalue weighted by Crippen LogP contribution is 2.27. The molecule has 1 unspecified atom stereocenters. The first kappa shape index (κ1) is 15.7. The Kier molecular flexibility index (Phi) is 5.98. The van der Waals surface area contributed by atoms with Gasteiger partial charge in [-0.15, -0.1) is 0 Å². The monoisotopic (exact) mass is 330 g/mol. The molecule has 0 saturated heterocycles. The maximum absolute atomic E-state index is 11.3. The summed E-state index contributed by atoms with van der Waals surface area (Å²) in [5.74, 6) is -1.07. The van der Waals surface area contributed by atoms with E-state index in [4.69, 9.17) is 9.84 Å². The molecule has 0 fully saturated rings. The molecule has 0 aliphatic rings. The van der Waals surface area contributed by atoms with Gasteiger partial charge in [0, 0.05) is 12.0 Å². The summed E-state index contributed by atoms with van der Waals surface area (Å²) in [6, 6.07) is 4.75. The summed E-state index contributed by atoms with van der Waals surface area (Å²) in [7, 11) is 0. The van der Waals surface area contributed by atoms with Gasteiger partial charge in [-0.2, -0.15) is 0 Å². The third-order valence-electron chi connectivity index (χ3n) is 2.45. The van der Waals surface area contributed by atoms with Crippen LogP contribution in [0.3, 0.4) is 0 Å². The maximum atomic E-state index is 11.3. The van der Waals surface area contributed by atoms with E-state index in [1.807, 2.05) is 0 Å². The molecule has 0 aromatic heterocycles. The van der Waals surface area contributed by atoms with Crippen LogP contribution in [0.4, 0.5) is 0 Å². The number of aliphatic carboxylic acids is 1.